The molecule has 22 heavy (non-hydrogen) atoms. The molecule has 0 amide bonds. The zero-order chi connectivity index (χ0) is 17.1. The number of hydrogen-bond acceptors (Lipinski definition) is 5. The summed E-state index contributed by atoms with van der Waals surface area (Å²) in [5.41, 5.74) is 0. The van der Waals surface area contributed by atoms with E-state index >= 15 is 0 Å². The number of carbonyl (C=O) groups excluding carboxylic acids is 1. The average molecular weight is 335 g/mol. The van der Waals surface area contributed by atoms with Gasteiger partial charge in [-0.3, -0.25) is 0 Å². The predicted octanol–water partition coefficient (Wildman–Crippen LogP) is 1.68. The Morgan fingerprint density at radius 3 is 2.14 bits per heavy atom. The Morgan fingerprint density at radius 1 is 1.14 bits per heavy atom. The van der Waals surface area contributed by atoms with Crippen LogP contribution in [0.25, 0.3) is 0 Å². The van der Waals surface area contributed by atoms with Gasteiger partial charge in [0.25, 0.3) is 0 Å². The summed E-state index contributed by atoms with van der Waals surface area (Å²) < 4.78 is 38.1. The molecule has 0 saturated heterocycles. The molecule has 0 bridgehead atoms. The van der Waals surface area contributed by atoms with Crippen LogP contribution in [-0.2, 0) is 19.6 Å². The molecule has 0 aliphatic rings. The zero-order valence-electron chi connectivity index (χ0n) is 13.8. The van der Waals surface area contributed by atoms with E-state index in [1.165, 1.54) is 0 Å². The van der Waals surface area contributed by atoms with Crippen molar-refractivity contribution in [3.63, 3.8) is 0 Å². The van der Waals surface area contributed by atoms with Crippen LogP contribution >= 0.6 is 0 Å². The van der Waals surface area contributed by atoms with Gasteiger partial charge >= 0.3 is 5.97 Å². The Bertz CT molecular complexity index is 427. The van der Waals surface area contributed by atoms with Crippen LogP contribution in [0.15, 0.2) is 12.7 Å². The van der Waals surface area contributed by atoms with Gasteiger partial charge < -0.3 is 13.8 Å². The molecule has 0 heterocycles. The fourth-order valence-corrected chi connectivity index (χ4v) is 3.31. The molecule has 0 atom stereocenters. The second-order valence-corrected chi connectivity index (χ2v) is 7.10. The van der Waals surface area contributed by atoms with Crippen molar-refractivity contribution in [2.45, 2.75) is 39.5 Å². The predicted molar refractivity (Wildman–Crippen MR) is 85.3 cm³/mol. The SMILES string of the molecule is C=CC(=O)OCCC[N+](CCC)(CCC)CCCS(=O)(=O)[O-]. The Hall–Kier alpha value is -0.920. The molecule has 0 aliphatic carbocycles. The molecule has 0 radical (unpaired) electrons. The largest absolute Gasteiger partial charge is 0.748 e. The lowest BCUT2D eigenvalue weighted by Crippen LogP contribution is -2.51. The molecule has 7 heteroatoms. The van der Waals surface area contributed by atoms with E-state index in [0.29, 0.717) is 26.0 Å². The smallest absolute Gasteiger partial charge is 0.330 e. The van der Waals surface area contributed by atoms with Crippen molar-refractivity contribution in [1.29, 1.82) is 0 Å². The van der Waals surface area contributed by atoms with Crippen LogP contribution in [-0.4, -0.2) is 62.0 Å². The van der Waals surface area contributed by atoms with Gasteiger partial charge in [0.1, 0.15) is 0 Å². The normalized spacial score (nSPS) is 12.1. The lowest BCUT2D eigenvalue weighted by Gasteiger charge is -2.39. The van der Waals surface area contributed by atoms with Crippen LogP contribution in [0.1, 0.15) is 39.5 Å². The Balaban J connectivity index is 4.55. The van der Waals surface area contributed by atoms with Crippen molar-refractivity contribution in [2.75, 3.05) is 38.5 Å². The maximum absolute atomic E-state index is 11.0. The lowest BCUT2D eigenvalue weighted by molar-refractivity contribution is -0.928. The second kappa shape index (κ2) is 10.7. The number of carbonyl (C=O) groups is 1. The quantitative estimate of drug-likeness (QED) is 0.168. The Morgan fingerprint density at radius 2 is 1.68 bits per heavy atom. The van der Waals surface area contributed by atoms with E-state index in [-0.39, 0.29) is 5.75 Å². The molecule has 130 valence electrons. The summed E-state index contributed by atoms with van der Waals surface area (Å²) in [6.07, 6.45) is 4.19. The van der Waals surface area contributed by atoms with E-state index in [2.05, 4.69) is 20.4 Å². The fraction of sp³-hybridized carbons (Fsp3) is 0.800. The van der Waals surface area contributed by atoms with Crippen molar-refractivity contribution >= 4 is 16.1 Å². The van der Waals surface area contributed by atoms with Gasteiger partial charge in [-0.25, -0.2) is 13.2 Å². The average Bonchev–Trinajstić information content (AvgIpc) is 2.42. The monoisotopic (exact) mass is 335 g/mol. The fourth-order valence-electron chi connectivity index (χ4n) is 2.83. The maximum Gasteiger partial charge on any atom is 0.330 e. The first-order chi connectivity index (χ1) is 10.3. The van der Waals surface area contributed by atoms with Gasteiger partial charge in [0.15, 0.2) is 0 Å². The van der Waals surface area contributed by atoms with Gasteiger partial charge in [0.2, 0.25) is 0 Å². The van der Waals surface area contributed by atoms with E-state index in [9.17, 15) is 17.8 Å². The first kappa shape index (κ1) is 21.1. The van der Waals surface area contributed by atoms with Gasteiger partial charge in [0, 0.05) is 24.7 Å². The minimum atomic E-state index is -4.16. The van der Waals surface area contributed by atoms with Crippen molar-refractivity contribution in [3.8, 4) is 0 Å². The molecule has 0 rings (SSSR count). The van der Waals surface area contributed by atoms with Crippen LogP contribution in [0.2, 0.25) is 0 Å². The summed E-state index contributed by atoms with van der Waals surface area (Å²) in [6.45, 7) is 11.2. The van der Waals surface area contributed by atoms with Crippen molar-refractivity contribution in [2.24, 2.45) is 0 Å². The van der Waals surface area contributed by atoms with E-state index in [0.717, 1.165) is 43.0 Å². The first-order valence-corrected chi connectivity index (χ1v) is 9.44. The zero-order valence-corrected chi connectivity index (χ0v) is 14.6. The Labute approximate surface area is 134 Å². The highest BCUT2D eigenvalue weighted by Gasteiger charge is 2.25. The molecule has 0 N–H and O–H groups in total. The molecule has 0 aromatic rings. The van der Waals surface area contributed by atoms with Gasteiger partial charge in [-0.2, -0.15) is 0 Å². The van der Waals surface area contributed by atoms with E-state index in [4.69, 9.17) is 4.74 Å². The van der Waals surface area contributed by atoms with E-state index < -0.39 is 16.1 Å². The summed E-state index contributed by atoms with van der Waals surface area (Å²) in [5, 5.41) is 0. The van der Waals surface area contributed by atoms with Gasteiger partial charge in [-0.1, -0.05) is 20.4 Å². The van der Waals surface area contributed by atoms with Crippen LogP contribution in [0.3, 0.4) is 0 Å². The number of ether oxygens (including phenoxy) is 1. The number of quaternary nitrogens is 1. The van der Waals surface area contributed by atoms with Crippen molar-refractivity contribution in [3.05, 3.63) is 12.7 Å². The number of rotatable bonds is 13. The highest BCUT2D eigenvalue weighted by Crippen LogP contribution is 2.14. The summed E-state index contributed by atoms with van der Waals surface area (Å²) in [6, 6.07) is 0. The summed E-state index contributed by atoms with van der Waals surface area (Å²) in [5.74, 6) is -0.743. The summed E-state index contributed by atoms with van der Waals surface area (Å²) >= 11 is 0. The minimum Gasteiger partial charge on any atom is -0.748 e. The summed E-state index contributed by atoms with van der Waals surface area (Å²) in [7, 11) is -4.16. The molecule has 0 saturated carbocycles. The van der Waals surface area contributed by atoms with Gasteiger partial charge in [0.05, 0.1) is 42.9 Å². The highest BCUT2D eigenvalue weighted by molar-refractivity contribution is 7.85. The Kier molecular flexibility index (Phi) is 10.3. The van der Waals surface area contributed by atoms with E-state index in [1.54, 1.807) is 0 Å². The molecule has 0 unspecified atom stereocenters. The highest BCUT2D eigenvalue weighted by atomic mass is 32.2. The third-order valence-electron chi connectivity index (χ3n) is 3.61. The standard InChI is InChI=1S/C15H29NO5S/c1-4-9-16(10-5-2,12-8-14-22(18,19)20)11-7-13-21-15(17)6-3/h6H,3-5,7-14H2,1-2H3. The third-order valence-corrected chi connectivity index (χ3v) is 4.40. The van der Waals surface area contributed by atoms with E-state index in [1.807, 2.05) is 0 Å². The molecular weight excluding hydrogens is 306 g/mol. The lowest BCUT2D eigenvalue weighted by atomic mass is 10.2. The van der Waals surface area contributed by atoms with Gasteiger partial charge in [-0.15, -0.1) is 0 Å². The van der Waals surface area contributed by atoms with Gasteiger partial charge in [-0.05, 0) is 12.8 Å². The summed E-state index contributed by atoms with van der Waals surface area (Å²) in [4.78, 5) is 11.0. The molecule has 0 aromatic carbocycles. The van der Waals surface area contributed by atoms with Crippen LogP contribution < -0.4 is 0 Å². The maximum atomic E-state index is 11.0. The first-order valence-electron chi connectivity index (χ1n) is 7.86. The van der Waals surface area contributed by atoms with Crippen molar-refractivity contribution in [1.82, 2.24) is 0 Å². The van der Waals surface area contributed by atoms with Crippen LogP contribution in [0, 0.1) is 0 Å². The minimum absolute atomic E-state index is 0.314. The molecule has 6 nitrogen and oxygen atoms in total. The van der Waals surface area contributed by atoms with Crippen LogP contribution in [0.5, 0.6) is 0 Å². The number of nitrogens with zero attached hydrogens (tertiary/aromatic N) is 1. The molecule has 0 aromatic heterocycles. The number of esters is 1. The second-order valence-electron chi connectivity index (χ2n) is 5.58. The van der Waals surface area contributed by atoms with Crippen molar-refractivity contribution < 1.29 is 27.0 Å². The van der Waals surface area contributed by atoms with Crippen LogP contribution in [0.4, 0.5) is 0 Å². The number of hydrogen-bond donors (Lipinski definition) is 0. The topological polar surface area (TPSA) is 83.5 Å². The molecule has 0 fully saturated rings. The molecular formula is C15H29NO5S. The molecule has 0 aliphatic heterocycles. The molecule has 0 spiro atoms. The third kappa shape index (κ3) is 9.92.